The molecule has 0 bridgehead atoms. The van der Waals surface area contributed by atoms with E-state index in [0.29, 0.717) is 22.5 Å². The van der Waals surface area contributed by atoms with Crippen molar-refractivity contribution in [3.05, 3.63) is 76.3 Å². The first-order chi connectivity index (χ1) is 16.2. The molecule has 4 rings (SSSR count). The third kappa shape index (κ3) is 4.40. The molecule has 9 heteroatoms. The molecule has 2 N–H and O–H groups in total. The van der Waals surface area contributed by atoms with Gasteiger partial charge in [-0.2, -0.15) is 20.3 Å². The molecular formula is C25H21ClN4O4. The van der Waals surface area contributed by atoms with Crippen LogP contribution in [0.3, 0.4) is 0 Å². The van der Waals surface area contributed by atoms with E-state index in [9.17, 15) is 19.8 Å². The van der Waals surface area contributed by atoms with Gasteiger partial charge in [0.15, 0.2) is 11.8 Å². The predicted octanol–water partition coefficient (Wildman–Crippen LogP) is 5.90. The van der Waals surface area contributed by atoms with Crippen molar-refractivity contribution in [2.45, 2.75) is 26.8 Å². The van der Waals surface area contributed by atoms with Crippen LogP contribution < -0.4 is 5.01 Å². The fourth-order valence-electron chi connectivity index (χ4n) is 3.57. The third-order valence-electron chi connectivity index (χ3n) is 5.58. The van der Waals surface area contributed by atoms with E-state index in [0.717, 1.165) is 11.1 Å². The highest BCUT2D eigenvalue weighted by molar-refractivity contribution is 6.31. The molecule has 1 aliphatic rings. The molecule has 0 saturated heterocycles. The average molecular weight is 477 g/mol. The van der Waals surface area contributed by atoms with Crippen LogP contribution >= 0.6 is 11.6 Å². The number of halogens is 1. The molecule has 1 unspecified atom stereocenters. The van der Waals surface area contributed by atoms with Crippen LogP contribution in [0, 0.1) is 13.8 Å². The van der Waals surface area contributed by atoms with Crippen molar-refractivity contribution in [3.8, 4) is 16.9 Å². The number of aromatic hydroxyl groups is 1. The van der Waals surface area contributed by atoms with Crippen molar-refractivity contribution in [2.24, 2.45) is 15.3 Å². The number of amides is 1. The van der Waals surface area contributed by atoms with E-state index < -0.39 is 12.0 Å². The Morgan fingerprint density at radius 3 is 2.53 bits per heavy atom. The van der Waals surface area contributed by atoms with Crippen LogP contribution in [-0.2, 0) is 4.79 Å². The number of carbonyl (C=O) groups is 2. The summed E-state index contributed by atoms with van der Waals surface area (Å²) in [6.45, 7) is 5.64. The second-order valence-corrected chi connectivity index (χ2v) is 8.42. The Morgan fingerprint density at radius 2 is 1.82 bits per heavy atom. The largest absolute Gasteiger partial charge is 0.505 e. The number of anilines is 1. The molecule has 1 heterocycles. The van der Waals surface area contributed by atoms with E-state index in [1.165, 1.54) is 23.2 Å². The normalized spacial score (nSPS) is 15.8. The number of hydrogen-bond acceptors (Lipinski definition) is 6. The number of hydrogen-bond donors (Lipinski definition) is 2. The number of nitrogens with zero attached hydrogens (tertiary/aromatic N) is 4. The van der Waals surface area contributed by atoms with Gasteiger partial charge in [0, 0.05) is 10.6 Å². The third-order valence-corrected chi connectivity index (χ3v) is 5.80. The number of para-hydroxylation sites is 1. The smallest absolute Gasteiger partial charge is 0.335 e. The maximum absolute atomic E-state index is 13.0. The van der Waals surface area contributed by atoms with E-state index >= 15 is 0 Å². The van der Waals surface area contributed by atoms with E-state index in [1.807, 2.05) is 32.0 Å². The van der Waals surface area contributed by atoms with Gasteiger partial charge in [0.05, 0.1) is 17.0 Å². The second-order valence-electron chi connectivity index (χ2n) is 7.99. The molecule has 34 heavy (non-hydrogen) atoms. The minimum atomic E-state index is -1.14. The summed E-state index contributed by atoms with van der Waals surface area (Å²) in [6.07, 6.45) is 0. The first kappa shape index (κ1) is 23.1. The molecule has 3 aromatic rings. The van der Waals surface area contributed by atoms with Gasteiger partial charge in [-0.15, -0.1) is 0 Å². The van der Waals surface area contributed by atoms with Crippen molar-refractivity contribution in [3.63, 3.8) is 0 Å². The quantitative estimate of drug-likeness (QED) is 0.446. The van der Waals surface area contributed by atoms with Gasteiger partial charge in [-0.1, -0.05) is 29.8 Å². The molecule has 1 atom stereocenters. The second kappa shape index (κ2) is 9.07. The van der Waals surface area contributed by atoms with Gasteiger partial charge in [-0.25, -0.2) is 4.79 Å². The minimum Gasteiger partial charge on any atom is -0.505 e. The predicted molar refractivity (Wildman–Crippen MR) is 130 cm³/mol. The van der Waals surface area contributed by atoms with Crippen LogP contribution in [0.5, 0.6) is 5.75 Å². The highest BCUT2D eigenvalue weighted by Gasteiger charge is 2.35. The SMILES string of the molecule is CC1=NN(c2ccc(C)c(C)c2)C(=O)C1N=Nc1cccc(-c2cc(Cl)cc(C(=O)O)c2)c1O. The Hall–Kier alpha value is -4.04. The monoisotopic (exact) mass is 476 g/mol. The number of rotatable bonds is 5. The number of aromatic carboxylic acids is 1. The van der Waals surface area contributed by atoms with E-state index in [1.54, 1.807) is 25.1 Å². The van der Waals surface area contributed by atoms with Gasteiger partial charge in [0.1, 0.15) is 5.69 Å². The number of carboxylic acid groups (broad SMARTS) is 1. The summed E-state index contributed by atoms with van der Waals surface area (Å²) < 4.78 is 0. The van der Waals surface area contributed by atoms with Gasteiger partial charge in [-0.3, -0.25) is 4.79 Å². The van der Waals surface area contributed by atoms with Crippen LogP contribution in [0.15, 0.2) is 69.9 Å². The standard InChI is InChI=1S/C25H21ClN4O4/c1-13-7-8-19(9-14(13)2)30-24(32)22(15(3)29-30)28-27-21-6-4-5-20(23(21)31)16-10-17(25(33)34)12-18(26)11-16/h4-12,22,31H,1-3H3,(H,33,34). The number of carbonyl (C=O) groups excluding carboxylic acids is 1. The number of hydrazone groups is 1. The maximum Gasteiger partial charge on any atom is 0.335 e. The molecule has 0 spiro atoms. The molecule has 172 valence electrons. The van der Waals surface area contributed by atoms with Gasteiger partial charge in [0.25, 0.3) is 5.91 Å². The maximum atomic E-state index is 13.0. The molecule has 0 saturated carbocycles. The number of carboxylic acids is 1. The summed E-state index contributed by atoms with van der Waals surface area (Å²) in [5.74, 6) is -1.70. The van der Waals surface area contributed by atoms with Crippen molar-refractivity contribution in [2.75, 3.05) is 5.01 Å². The molecule has 0 aliphatic carbocycles. The van der Waals surface area contributed by atoms with Gasteiger partial charge in [-0.05, 0) is 73.9 Å². The number of azo groups is 1. The topological polar surface area (TPSA) is 115 Å². The van der Waals surface area contributed by atoms with E-state index in [2.05, 4.69) is 15.3 Å². The Bertz CT molecular complexity index is 1380. The number of phenols is 1. The Kier molecular flexibility index (Phi) is 6.17. The zero-order valence-electron chi connectivity index (χ0n) is 18.7. The number of benzene rings is 3. The van der Waals surface area contributed by atoms with Gasteiger partial charge >= 0.3 is 5.97 Å². The lowest BCUT2D eigenvalue weighted by atomic mass is 10.0. The molecule has 1 aliphatic heterocycles. The van der Waals surface area contributed by atoms with E-state index in [4.69, 9.17) is 11.6 Å². The zero-order chi connectivity index (χ0) is 24.6. The summed E-state index contributed by atoms with van der Waals surface area (Å²) in [5, 5.41) is 34.2. The first-order valence-corrected chi connectivity index (χ1v) is 10.8. The summed E-state index contributed by atoms with van der Waals surface area (Å²) in [4.78, 5) is 24.3. The highest BCUT2D eigenvalue weighted by atomic mass is 35.5. The molecule has 0 fully saturated rings. The summed E-state index contributed by atoms with van der Waals surface area (Å²) in [7, 11) is 0. The van der Waals surface area contributed by atoms with Crippen LogP contribution in [0.4, 0.5) is 11.4 Å². The summed E-state index contributed by atoms with van der Waals surface area (Å²) in [6, 6.07) is 13.8. The number of aryl methyl sites for hydroxylation is 2. The van der Waals surface area contributed by atoms with Crippen LogP contribution in [-0.4, -0.2) is 33.8 Å². The van der Waals surface area contributed by atoms with Crippen molar-refractivity contribution in [1.29, 1.82) is 0 Å². The van der Waals surface area contributed by atoms with Gasteiger partial charge < -0.3 is 10.2 Å². The Balaban J connectivity index is 1.63. The first-order valence-electron chi connectivity index (χ1n) is 10.4. The minimum absolute atomic E-state index is 0.0104. The molecule has 3 aromatic carbocycles. The lowest BCUT2D eigenvalue weighted by Crippen LogP contribution is -2.29. The van der Waals surface area contributed by atoms with Crippen LogP contribution in [0.1, 0.15) is 28.4 Å². The average Bonchev–Trinajstić information content (AvgIpc) is 3.07. The summed E-state index contributed by atoms with van der Waals surface area (Å²) in [5.41, 5.74) is 4.13. The Labute approximate surface area is 200 Å². The van der Waals surface area contributed by atoms with E-state index in [-0.39, 0.29) is 27.9 Å². The van der Waals surface area contributed by atoms with Crippen LogP contribution in [0.25, 0.3) is 11.1 Å². The van der Waals surface area contributed by atoms with Crippen molar-refractivity contribution in [1.82, 2.24) is 0 Å². The number of phenolic OH excluding ortho intramolecular Hbond substituents is 1. The lowest BCUT2D eigenvalue weighted by molar-refractivity contribution is -0.117. The van der Waals surface area contributed by atoms with Gasteiger partial charge in [0.2, 0.25) is 0 Å². The molecule has 8 nitrogen and oxygen atoms in total. The molecular weight excluding hydrogens is 456 g/mol. The molecule has 0 radical (unpaired) electrons. The fourth-order valence-corrected chi connectivity index (χ4v) is 3.80. The lowest BCUT2D eigenvalue weighted by Gasteiger charge is -2.14. The van der Waals surface area contributed by atoms with Crippen molar-refractivity contribution < 1.29 is 19.8 Å². The highest BCUT2D eigenvalue weighted by Crippen LogP contribution is 2.39. The fraction of sp³-hybridized carbons (Fsp3) is 0.160. The zero-order valence-corrected chi connectivity index (χ0v) is 19.4. The van der Waals surface area contributed by atoms with Crippen LogP contribution in [0.2, 0.25) is 5.02 Å². The summed E-state index contributed by atoms with van der Waals surface area (Å²) >= 11 is 6.06. The van der Waals surface area contributed by atoms with Crippen molar-refractivity contribution >= 4 is 40.6 Å². The molecule has 1 amide bonds. The Morgan fingerprint density at radius 1 is 1.06 bits per heavy atom. The molecule has 0 aromatic heterocycles.